The highest BCUT2D eigenvalue weighted by molar-refractivity contribution is 7.88. The van der Waals surface area contributed by atoms with Crippen LogP contribution in [0.15, 0.2) is 54.9 Å². The zero-order chi connectivity index (χ0) is 21.3. The highest BCUT2D eigenvalue weighted by Gasteiger charge is 2.27. The molecular weight excluding hydrogens is 402 g/mol. The summed E-state index contributed by atoms with van der Waals surface area (Å²) in [5.74, 6) is -0.108. The van der Waals surface area contributed by atoms with Gasteiger partial charge in [-0.2, -0.15) is 9.40 Å². The number of carbonyl (C=O) groups excluding carboxylic acids is 1. The molecule has 0 N–H and O–H groups in total. The van der Waals surface area contributed by atoms with E-state index >= 15 is 0 Å². The lowest BCUT2D eigenvalue weighted by molar-refractivity contribution is 0.0698. The van der Waals surface area contributed by atoms with Crippen LogP contribution in [0, 0.1) is 6.92 Å². The highest BCUT2D eigenvalue weighted by atomic mass is 32.2. The quantitative estimate of drug-likeness (QED) is 0.638. The molecule has 0 bridgehead atoms. The first-order valence-corrected chi connectivity index (χ1v) is 11.5. The van der Waals surface area contributed by atoms with E-state index in [4.69, 9.17) is 0 Å². The molecule has 1 amide bonds. The van der Waals surface area contributed by atoms with Gasteiger partial charge in [0.25, 0.3) is 5.91 Å². The topological polar surface area (TPSA) is 88.4 Å². The van der Waals surface area contributed by atoms with E-state index < -0.39 is 10.0 Å². The zero-order valence-electron chi connectivity index (χ0n) is 16.9. The van der Waals surface area contributed by atoms with Gasteiger partial charge in [0.1, 0.15) is 0 Å². The Labute approximate surface area is 175 Å². The van der Waals surface area contributed by atoms with Gasteiger partial charge >= 0.3 is 0 Å². The molecule has 1 aliphatic heterocycles. The van der Waals surface area contributed by atoms with Crippen LogP contribution in [0.4, 0.5) is 0 Å². The maximum absolute atomic E-state index is 13.0. The molecule has 8 nitrogen and oxygen atoms in total. The number of rotatable bonds is 4. The first-order chi connectivity index (χ1) is 14.3. The molecule has 3 aromatic rings. The molecule has 1 aromatic carbocycles. The van der Waals surface area contributed by atoms with E-state index in [0.29, 0.717) is 31.7 Å². The Morgan fingerprint density at radius 3 is 2.33 bits per heavy atom. The number of sulfonamides is 1. The molecule has 0 atom stereocenters. The Morgan fingerprint density at radius 1 is 1.03 bits per heavy atom. The average Bonchev–Trinajstić information content (AvgIpc) is 3.27. The van der Waals surface area contributed by atoms with Crippen LogP contribution in [0.5, 0.6) is 0 Å². The smallest absolute Gasteiger partial charge is 0.254 e. The maximum Gasteiger partial charge on any atom is 0.254 e. The van der Waals surface area contributed by atoms with Crippen molar-refractivity contribution >= 4 is 15.9 Å². The third-order valence-electron chi connectivity index (χ3n) is 5.13. The summed E-state index contributed by atoms with van der Waals surface area (Å²) in [7, 11) is -3.23. The largest absolute Gasteiger partial charge is 0.336 e. The minimum Gasteiger partial charge on any atom is -0.336 e. The van der Waals surface area contributed by atoms with E-state index in [1.165, 1.54) is 10.6 Å². The molecule has 0 spiro atoms. The lowest BCUT2D eigenvalue weighted by atomic mass is 10.1. The Kier molecular flexibility index (Phi) is 5.40. The van der Waals surface area contributed by atoms with Gasteiger partial charge in [-0.25, -0.2) is 13.1 Å². The molecule has 0 aliphatic carbocycles. The summed E-state index contributed by atoms with van der Waals surface area (Å²) < 4.78 is 26.6. The fourth-order valence-corrected chi connectivity index (χ4v) is 4.38. The number of aromatic nitrogens is 3. The Morgan fingerprint density at radius 2 is 1.73 bits per heavy atom. The summed E-state index contributed by atoms with van der Waals surface area (Å²) >= 11 is 0. The number of hydrogen-bond donors (Lipinski definition) is 0. The van der Waals surface area contributed by atoms with Crippen molar-refractivity contribution in [3.63, 3.8) is 0 Å². The molecule has 1 aliphatic rings. The SMILES string of the molecule is Cc1cc(C(=O)N2CCN(S(C)(=O)=O)CC2)cc(-c2ccc(-n3cccn3)cc2)n1. The number of benzene rings is 1. The monoisotopic (exact) mass is 425 g/mol. The van der Waals surface area contributed by atoms with Gasteiger partial charge in [-0.05, 0) is 37.3 Å². The molecule has 1 saturated heterocycles. The highest BCUT2D eigenvalue weighted by Crippen LogP contribution is 2.22. The second-order valence-corrected chi connectivity index (χ2v) is 9.32. The Bertz CT molecular complexity index is 1150. The third-order valence-corrected chi connectivity index (χ3v) is 6.43. The molecule has 2 aromatic heterocycles. The number of pyridine rings is 1. The van der Waals surface area contributed by atoms with Crippen LogP contribution < -0.4 is 0 Å². The van der Waals surface area contributed by atoms with Crippen molar-refractivity contribution in [3.05, 3.63) is 66.1 Å². The molecular formula is C21H23N5O3S. The van der Waals surface area contributed by atoms with Crippen molar-refractivity contribution in [1.82, 2.24) is 24.0 Å². The maximum atomic E-state index is 13.0. The van der Waals surface area contributed by atoms with Gasteiger partial charge < -0.3 is 4.90 Å². The van der Waals surface area contributed by atoms with Gasteiger partial charge in [0.2, 0.25) is 10.0 Å². The lowest BCUT2D eigenvalue weighted by Crippen LogP contribution is -2.50. The average molecular weight is 426 g/mol. The van der Waals surface area contributed by atoms with E-state index in [1.807, 2.05) is 43.5 Å². The second kappa shape index (κ2) is 8.00. The van der Waals surface area contributed by atoms with Gasteiger partial charge in [0.15, 0.2) is 0 Å². The third kappa shape index (κ3) is 4.27. The number of piperazine rings is 1. The van der Waals surface area contributed by atoms with Gasteiger partial charge in [0, 0.05) is 55.4 Å². The molecule has 0 unspecified atom stereocenters. The number of amides is 1. The van der Waals surface area contributed by atoms with Crippen molar-refractivity contribution in [2.75, 3.05) is 32.4 Å². The van der Waals surface area contributed by atoms with Crippen molar-refractivity contribution < 1.29 is 13.2 Å². The van der Waals surface area contributed by atoms with E-state index in [1.54, 1.807) is 27.9 Å². The number of aryl methyl sites for hydroxylation is 1. The fourth-order valence-electron chi connectivity index (χ4n) is 3.55. The number of nitrogens with zero attached hydrogens (tertiary/aromatic N) is 5. The van der Waals surface area contributed by atoms with Crippen molar-refractivity contribution in [2.24, 2.45) is 0 Å². The summed E-state index contributed by atoms with van der Waals surface area (Å²) in [6, 6.07) is 13.3. The van der Waals surface area contributed by atoms with Crippen LogP contribution in [-0.2, 0) is 10.0 Å². The van der Waals surface area contributed by atoms with Crippen molar-refractivity contribution in [1.29, 1.82) is 0 Å². The zero-order valence-corrected chi connectivity index (χ0v) is 17.7. The molecule has 0 saturated carbocycles. The number of carbonyl (C=O) groups is 1. The van der Waals surface area contributed by atoms with E-state index in [-0.39, 0.29) is 5.91 Å². The standard InChI is InChI=1S/C21H23N5O3S/c1-16-14-18(21(27)24-10-12-25(13-11-24)30(2,28)29)15-20(23-16)17-4-6-19(7-5-17)26-9-3-8-22-26/h3-9,14-15H,10-13H2,1-2H3. The Balaban J connectivity index is 1.54. The normalized spacial score (nSPS) is 15.3. The van der Waals surface area contributed by atoms with Crippen molar-refractivity contribution in [3.8, 4) is 16.9 Å². The van der Waals surface area contributed by atoms with Gasteiger partial charge in [0.05, 0.1) is 17.6 Å². The van der Waals surface area contributed by atoms with Crippen LogP contribution in [0.2, 0.25) is 0 Å². The molecule has 30 heavy (non-hydrogen) atoms. The first-order valence-electron chi connectivity index (χ1n) is 9.65. The minimum absolute atomic E-state index is 0.108. The second-order valence-electron chi connectivity index (χ2n) is 7.33. The van der Waals surface area contributed by atoms with Crippen LogP contribution in [0.1, 0.15) is 16.1 Å². The summed E-state index contributed by atoms with van der Waals surface area (Å²) in [5, 5.41) is 4.22. The lowest BCUT2D eigenvalue weighted by Gasteiger charge is -2.33. The van der Waals surface area contributed by atoms with Gasteiger partial charge in [-0.3, -0.25) is 9.78 Å². The predicted octanol–water partition coefficient (Wildman–Crippen LogP) is 1.96. The fraction of sp³-hybridized carbons (Fsp3) is 0.286. The van der Waals surface area contributed by atoms with Crippen molar-refractivity contribution in [2.45, 2.75) is 6.92 Å². The van der Waals surface area contributed by atoms with E-state index in [0.717, 1.165) is 22.6 Å². The van der Waals surface area contributed by atoms with Crippen LogP contribution >= 0.6 is 0 Å². The molecule has 3 heterocycles. The molecule has 4 rings (SSSR count). The van der Waals surface area contributed by atoms with E-state index in [9.17, 15) is 13.2 Å². The van der Waals surface area contributed by atoms with Gasteiger partial charge in [-0.1, -0.05) is 12.1 Å². The van der Waals surface area contributed by atoms with Gasteiger partial charge in [-0.15, -0.1) is 0 Å². The molecule has 1 fully saturated rings. The summed E-state index contributed by atoms with van der Waals surface area (Å²) in [4.78, 5) is 19.3. The summed E-state index contributed by atoms with van der Waals surface area (Å²) in [6.45, 7) is 3.25. The summed E-state index contributed by atoms with van der Waals surface area (Å²) in [5.41, 5.74) is 3.88. The van der Waals surface area contributed by atoms with Crippen LogP contribution in [0.25, 0.3) is 16.9 Å². The molecule has 0 radical (unpaired) electrons. The molecule has 9 heteroatoms. The predicted molar refractivity (Wildman–Crippen MR) is 114 cm³/mol. The van der Waals surface area contributed by atoms with E-state index in [2.05, 4.69) is 10.1 Å². The van der Waals surface area contributed by atoms with Crippen LogP contribution in [0.3, 0.4) is 0 Å². The number of hydrogen-bond acceptors (Lipinski definition) is 5. The minimum atomic E-state index is -3.23. The van der Waals surface area contributed by atoms with Crippen LogP contribution in [-0.4, -0.2) is 70.7 Å². The Hall–Kier alpha value is -3.04. The summed E-state index contributed by atoms with van der Waals surface area (Å²) in [6.07, 6.45) is 4.80. The molecule has 156 valence electrons. The first kappa shape index (κ1) is 20.2.